The third-order valence-electron chi connectivity index (χ3n) is 5.11. The zero-order chi connectivity index (χ0) is 18.8. The van der Waals surface area contributed by atoms with Crippen LogP contribution in [-0.4, -0.2) is 58.2 Å². The summed E-state index contributed by atoms with van der Waals surface area (Å²) in [6.45, 7) is 2.28. The van der Waals surface area contributed by atoms with E-state index in [-0.39, 0.29) is 12.0 Å². The topological polar surface area (TPSA) is 65.4 Å². The summed E-state index contributed by atoms with van der Waals surface area (Å²) in [5.41, 5.74) is 3.12. The summed E-state index contributed by atoms with van der Waals surface area (Å²) in [4.78, 5) is 17.6. The molecule has 1 aliphatic heterocycles. The fraction of sp³-hybridized carbons (Fsp3) is 0.381. The van der Waals surface area contributed by atoms with Gasteiger partial charge in [-0.25, -0.2) is 9.97 Å². The van der Waals surface area contributed by atoms with Crippen molar-refractivity contribution in [3.63, 3.8) is 0 Å². The number of nitrogens with zero attached hydrogens (tertiary/aromatic N) is 5. The van der Waals surface area contributed by atoms with E-state index in [1.165, 1.54) is 0 Å². The summed E-state index contributed by atoms with van der Waals surface area (Å²) in [5.74, 6) is 0.904. The SMILES string of the molecule is CN(C)c1ncc(CN2C[C@@H](Cc3ccc4ccccc4n3)[C@H](O)C2)cn1. The maximum atomic E-state index is 10.5. The number of anilines is 1. The van der Waals surface area contributed by atoms with Crippen LogP contribution in [0.1, 0.15) is 11.3 Å². The maximum Gasteiger partial charge on any atom is 0.224 e. The first kappa shape index (κ1) is 17.8. The van der Waals surface area contributed by atoms with Gasteiger partial charge < -0.3 is 10.0 Å². The molecule has 0 amide bonds. The molecule has 2 atom stereocenters. The molecule has 6 heteroatoms. The number of aliphatic hydroxyl groups excluding tert-OH is 1. The number of rotatable bonds is 5. The molecule has 1 N–H and O–H groups in total. The maximum absolute atomic E-state index is 10.5. The van der Waals surface area contributed by atoms with E-state index in [4.69, 9.17) is 4.98 Å². The lowest BCUT2D eigenvalue weighted by atomic mass is 9.99. The quantitative estimate of drug-likeness (QED) is 0.749. The number of benzene rings is 1. The second-order valence-corrected chi connectivity index (χ2v) is 7.51. The minimum Gasteiger partial charge on any atom is -0.391 e. The van der Waals surface area contributed by atoms with Crippen molar-refractivity contribution in [2.45, 2.75) is 19.1 Å². The standard InChI is InChI=1S/C21H25N5O/c1-25(2)21-22-10-15(11-23-21)12-26-13-17(20(27)14-26)9-18-8-7-16-5-3-4-6-19(16)24-18/h3-8,10-11,17,20,27H,9,12-14H2,1-2H3/t17-,20-/m1/s1. The summed E-state index contributed by atoms with van der Waals surface area (Å²) in [5, 5.41) is 11.7. The van der Waals surface area contributed by atoms with E-state index >= 15 is 0 Å². The van der Waals surface area contributed by atoms with Crippen molar-refractivity contribution < 1.29 is 5.11 Å². The summed E-state index contributed by atoms with van der Waals surface area (Å²) in [6, 6.07) is 12.3. The van der Waals surface area contributed by atoms with Crippen LogP contribution in [0.4, 0.5) is 5.95 Å². The Kier molecular flexibility index (Phi) is 5.01. The Morgan fingerprint density at radius 3 is 2.63 bits per heavy atom. The molecule has 1 saturated heterocycles. The van der Waals surface area contributed by atoms with Gasteiger partial charge in [0.2, 0.25) is 5.95 Å². The molecule has 3 aromatic rings. The number of pyridine rings is 1. The second-order valence-electron chi connectivity index (χ2n) is 7.51. The highest BCUT2D eigenvalue weighted by Gasteiger charge is 2.31. The van der Waals surface area contributed by atoms with Crippen molar-refractivity contribution in [1.82, 2.24) is 19.9 Å². The fourth-order valence-electron chi connectivity index (χ4n) is 3.68. The van der Waals surface area contributed by atoms with E-state index < -0.39 is 0 Å². The molecule has 1 fully saturated rings. The molecule has 0 unspecified atom stereocenters. The molecule has 0 radical (unpaired) electrons. The van der Waals surface area contributed by atoms with Gasteiger partial charge in [0, 0.05) is 68.7 Å². The van der Waals surface area contributed by atoms with E-state index in [0.29, 0.717) is 12.5 Å². The molecule has 1 aromatic carbocycles. The largest absolute Gasteiger partial charge is 0.391 e. The number of para-hydroxylation sites is 1. The lowest BCUT2D eigenvalue weighted by molar-refractivity contribution is 0.140. The van der Waals surface area contributed by atoms with Gasteiger partial charge in [-0.15, -0.1) is 0 Å². The molecule has 0 spiro atoms. The number of hydrogen-bond donors (Lipinski definition) is 1. The van der Waals surface area contributed by atoms with Crippen LogP contribution in [0.2, 0.25) is 0 Å². The van der Waals surface area contributed by atoms with Crippen molar-refractivity contribution in [2.24, 2.45) is 5.92 Å². The number of β-amino-alcohol motifs (C(OH)–C–C–N with tert-alkyl or cyclic N) is 1. The highest BCUT2D eigenvalue weighted by Crippen LogP contribution is 2.23. The molecular formula is C21H25N5O. The Bertz CT molecular complexity index is 912. The van der Waals surface area contributed by atoms with Gasteiger partial charge in [0.05, 0.1) is 11.6 Å². The fourth-order valence-corrected chi connectivity index (χ4v) is 3.68. The molecular weight excluding hydrogens is 338 g/mol. The van der Waals surface area contributed by atoms with Crippen molar-refractivity contribution in [2.75, 3.05) is 32.1 Å². The van der Waals surface area contributed by atoms with E-state index in [1.807, 2.05) is 49.6 Å². The monoisotopic (exact) mass is 363 g/mol. The zero-order valence-corrected chi connectivity index (χ0v) is 15.8. The van der Waals surface area contributed by atoms with Crippen molar-refractivity contribution in [3.05, 3.63) is 60.0 Å². The Labute approximate surface area is 159 Å². The van der Waals surface area contributed by atoms with Crippen LogP contribution in [0.5, 0.6) is 0 Å². The van der Waals surface area contributed by atoms with Crippen LogP contribution in [0.25, 0.3) is 10.9 Å². The lowest BCUT2D eigenvalue weighted by Gasteiger charge is -2.16. The number of fused-ring (bicyclic) bond motifs is 1. The molecule has 2 aromatic heterocycles. The van der Waals surface area contributed by atoms with Gasteiger partial charge in [0.25, 0.3) is 0 Å². The van der Waals surface area contributed by atoms with Gasteiger partial charge in [-0.1, -0.05) is 24.3 Å². The zero-order valence-electron chi connectivity index (χ0n) is 15.8. The van der Waals surface area contributed by atoms with E-state index in [0.717, 1.165) is 41.7 Å². The molecule has 140 valence electrons. The Balaban J connectivity index is 1.40. The van der Waals surface area contributed by atoms with Crippen molar-refractivity contribution >= 4 is 16.9 Å². The van der Waals surface area contributed by atoms with Crippen LogP contribution in [-0.2, 0) is 13.0 Å². The molecule has 6 nitrogen and oxygen atoms in total. The lowest BCUT2D eigenvalue weighted by Crippen LogP contribution is -2.22. The third-order valence-corrected chi connectivity index (χ3v) is 5.11. The van der Waals surface area contributed by atoms with Gasteiger partial charge >= 0.3 is 0 Å². The van der Waals surface area contributed by atoms with Crippen LogP contribution < -0.4 is 4.90 Å². The van der Waals surface area contributed by atoms with E-state index in [9.17, 15) is 5.11 Å². The van der Waals surface area contributed by atoms with Gasteiger partial charge in [-0.05, 0) is 18.6 Å². The molecule has 27 heavy (non-hydrogen) atoms. The van der Waals surface area contributed by atoms with Crippen LogP contribution in [0.15, 0.2) is 48.8 Å². The Hall–Kier alpha value is -2.57. The van der Waals surface area contributed by atoms with E-state index in [1.54, 1.807) is 0 Å². The van der Waals surface area contributed by atoms with Gasteiger partial charge in [0.15, 0.2) is 0 Å². The van der Waals surface area contributed by atoms with Gasteiger partial charge in [0.1, 0.15) is 0 Å². The average Bonchev–Trinajstić information content (AvgIpc) is 3.01. The van der Waals surface area contributed by atoms with E-state index in [2.05, 4.69) is 33.1 Å². The molecule has 3 heterocycles. The van der Waals surface area contributed by atoms with Crippen molar-refractivity contribution in [1.29, 1.82) is 0 Å². The van der Waals surface area contributed by atoms with Gasteiger partial charge in [-0.2, -0.15) is 0 Å². The second kappa shape index (κ2) is 7.58. The number of likely N-dealkylation sites (tertiary alicyclic amines) is 1. The average molecular weight is 363 g/mol. The minimum absolute atomic E-state index is 0.195. The van der Waals surface area contributed by atoms with Gasteiger partial charge in [-0.3, -0.25) is 9.88 Å². The smallest absolute Gasteiger partial charge is 0.224 e. The number of hydrogen-bond acceptors (Lipinski definition) is 6. The first-order chi connectivity index (χ1) is 13.1. The first-order valence-electron chi connectivity index (χ1n) is 9.32. The normalized spacial score (nSPS) is 20.3. The summed E-state index contributed by atoms with van der Waals surface area (Å²) in [7, 11) is 3.86. The molecule has 0 aliphatic carbocycles. The minimum atomic E-state index is -0.333. The van der Waals surface area contributed by atoms with Crippen LogP contribution in [0.3, 0.4) is 0 Å². The Morgan fingerprint density at radius 1 is 1.07 bits per heavy atom. The van der Waals surface area contributed by atoms with Crippen molar-refractivity contribution in [3.8, 4) is 0 Å². The first-order valence-corrected chi connectivity index (χ1v) is 9.32. The summed E-state index contributed by atoms with van der Waals surface area (Å²) < 4.78 is 0. The highest BCUT2D eigenvalue weighted by molar-refractivity contribution is 5.78. The predicted octanol–water partition coefficient (Wildman–Crippen LogP) is 2.13. The van der Waals surface area contributed by atoms with Crippen LogP contribution >= 0.6 is 0 Å². The molecule has 0 bridgehead atoms. The summed E-state index contributed by atoms with van der Waals surface area (Å²) >= 11 is 0. The predicted molar refractivity (Wildman–Crippen MR) is 107 cm³/mol. The Morgan fingerprint density at radius 2 is 1.85 bits per heavy atom. The highest BCUT2D eigenvalue weighted by atomic mass is 16.3. The number of aromatic nitrogens is 3. The summed E-state index contributed by atoms with van der Waals surface area (Å²) in [6.07, 6.45) is 4.19. The molecule has 4 rings (SSSR count). The number of aliphatic hydroxyl groups is 1. The third kappa shape index (κ3) is 4.07. The molecule has 1 aliphatic rings. The van der Waals surface area contributed by atoms with Crippen LogP contribution in [0, 0.1) is 5.92 Å². The molecule has 0 saturated carbocycles.